The lowest BCUT2D eigenvalue weighted by atomic mass is 9.99. The van der Waals surface area contributed by atoms with Crippen molar-refractivity contribution < 1.29 is 9.90 Å². The second kappa shape index (κ2) is 9.67. The minimum absolute atomic E-state index is 0.288. The first-order chi connectivity index (χ1) is 16.9. The van der Waals surface area contributed by atoms with E-state index in [9.17, 15) is 9.90 Å². The van der Waals surface area contributed by atoms with E-state index in [2.05, 4.69) is 54.5 Å². The van der Waals surface area contributed by atoms with Gasteiger partial charge in [0.15, 0.2) is 5.78 Å². The maximum atomic E-state index is 12.3. The van der Waals surface area contributed by atoms with E-state index < -0.39 is 6.10 Å². The molecule has 35 heavy (non-hydrogen) atoms. The molecule has 0 radical (unpaired) electrons. The number of H-pyrrole nitrogens is 1. The number of rotatable bonds is 6. The molecule has 5 nitrogen and oxygen atoms in total. The smallest absolute Gasteiger partial charge is 0.159 e. The fourth-order valence-electron chi connectivity index (χ4n) is 5.26. The van der Waals surface area contributed by atoms with Gasteiger partial charge in [0.2, 0.25) is 0 Å². The van der Waals surface area contributed by atoms with E-state index in [-0.39, 0.29) is 5.78 Å². The second-order valence-electron chi connectivity index (χ2n) is 9.85. The van der Waals surface area contributed by atoms with Crippen LogP contribution in [-0.2, 0) is 11.2 Å². The van der Waals surface area contributed by atoms with Crippen molar-refractivity contribution in [2.45, 2.75) is 52.6 Å². The number of nitrogens with zero attached hydrogens (tertiary/aromatic N) is 1. The van der Waals surface area contributed by atoms with Crippen LogP contribution in [0.3, 0.4) is 0 Å². The Morgan fingerprint density at radius 1 is 1.20 bits per heavy atom. The average Bonchev–Trinajstić information content (AvgIpc) is 3.36. The first-order valence-electron chi connectivity index (χ1n) is 12.5. The van der Waals surface area contributed by atoms with Crippen LogP contribution in [0.5, 0.6) is 0 Å². The van der Waals surface area contributed by atoms with Gasteiger partial charge < -0.3 is 15.4 Å². The van der Waals surface area contributed by atoms with Crippen molar-refractivity contribution in [3.63, 3.8) is 0 Å². The fraction of sp³-hybridized carbons (Fsp3) is 0.333. The van der Waals surface area contributed by atoms with Gasteiger partial charge in [0.05, 0.1) is 23.0 Å². The van der Waals surface area contributed by atoms with Gasteiger partial charge in [0, 0.05) is 41.4 Å². The number of aryl methyl sites for hydroxylation is 1. The number of hydrogen-bond donors (Lipinski definition) is 3. The fourth-order valence-corrected chi connectivity index (χ4v) is 5.26. The number of anilines is 1. The van der Waals surface area contributed by atoms with Crippen LogP contribution in [0.2, 0.25) is 0 Å². The summed E-state index contributed by atoms with van der Waals surface area (Å²) in [6.45, 7) is 6.85. The van der Waals surface area contributed by atoms with Gasteiger partial charge in [-0.3, -0.25) is 4.79 Å². The van der Waals surface area contributed by atoms with Crippen molar-refractivity contribution in [2.24, 2.45) is 10.9 Å². The number of nitrogens with one attached hydrogen (secondary N) is 2. The van der Waals surface area contributed by atoms with Gasteiger partial charge in [0.25, 0.3) is 0 Å². The van der Waals surface area contributed by atoms with Gasteiger partial charge in [-0.1, -0.05) is 31.2 Å². The maximum absolute atomic E-state index is 12.3. The molecule has 0 aliphatic heterocycles. The minimum Gasteiger partial charge on any atom is -0.389 e. The summed E-state index contributed by atoms with van der Waals surface area (Å²) < 4.78 is 0. The quantitative estimate of drug-likeness (QED) is 0.387. The van der Waals surface area contributed by atoms with Crippen LogP contribution in [0, 0.1) is 12.8 Å². The summed E-state index contributed by atoms with van der Waals surface area (Å²) >= 11 is 0. The zero-order valence-corrected chi connectivity index (χ0v) is 20.7. The molecule has 2 unspecified atom stereocenters. The van der Waals surface area contributed by atoms with Gasteiger partial charge in [-0.15, -0.1) is 0 Å². The van der Waals surface area contributed by atoms with Crippen molar-refractivity contribution in [3.8, 4) is 0 Å². The van der Waals surface area contributed by atoms with Gasteiger partial charge in [0.1, 0.15) is 0 Å². The summed E-state index contributed by atoms with van der Waals surface area (Å²) in [4.78, 5) is 20.6. The summed E-state index contributed by atoms with van der Waals surface area (Å²) in [6.07, 6.45) is 8.92. The van der Waals surface area contributed by atoms with Crippen LogP contribution >= 0.6 is 0 Å². The second-order valence-corrected chi connectivity index (χ2v) is 9.85. The normalized spacial score (nSPS) is 19.9. The van der Waals surface area contributed by atoms with Crippen LogP contribution in [0.4, 0.5) is 11.4 Å². The van der Waals surface area contributed by atoms with Crippen molar-refractivity contribution in [1.29, 1.82) is 0 Å². The Bertz CT molecular complexity index is 1370. The van der Waals surface area contributed by atoms with E-state index in [1.54, 1.807) is 6.92 Å². The van der Waals surface area contributed by atoms with Crippen LogP contribution in [0.1, 0.15) is 55.9 Å². The van der Waals surface area contributed by atoms with Crippen LogP contribution in [0.15, 0.2) is 70.9 Å². The molecule has 0 amide bonds. The number of Topliss-reactive ketones (excluding diaryl/α,β-unsaturated/α-hetero) is 1. The van der Waals surface area contributed by atoms with Crippen molar-refractivity contribution in [3.05, 3.63) is 82.6 Å². The number of aromatic amines is 1. The van der Waals surface area contributed by atoms with Gasteiger partial charge in [-0.05, 0) is 80.0 Å². The molecule has 0 spiro atoms. The number of aromatic nitrogens is 1. The number of aliphatic hydroxyl groups excluding tert-OH is 1. The highest BCUT2D eigenvalue weighted by molar-refractivity contribution is 6.17. The number of allylic oxidation sites excluding steroid dienone is 4. The highest BCUT2D eigenvalue weighted by Gasteiger charge is 2.27. The topological polar surface area (TPSA) is 77.5 Å². The molecule has 2 aliphatic carbocycles. The van der Waals surface area contributed by atoms with Gasteiger partial charge >= 0.3 is 0 Å². The largest absolute Gasteiger partial charge is 0.389 e. The lowest BCUT2D eigenvalue weighted by molar-refractivity contribution is -0.115. The van der Waals surface area contributed by atoms with E-state index >= 15 is 0 Å². The lowest BCUT2D eigenvalue weighted by Gasteiger charge is -2.11. The molecule has 0 saturated heterocycles. The molecule has 0 fully saturated rings. The molecule has 5 rings (SSSR count). The molecular formula is C30H33N3O2. The predicted molar refractivity (Wildman–Crippen MR) is 144 cm³/mol. The SMILES string of the molecule is Cc1cc(N=C2C=CC(C)CC3=C2CCC3=O)ccc1NCCc1c[nH]c2c(C(C)O)cccc12. The average molecular weight is 468 g/mol. The monoisotopic (exact) mass is 467 g/mol. The van der Waals surface area contributed by atoms with E-state index in [1.165, 1.54) is 5.56 Å². The molecule has 0 saturated carbocycles. The maximum Gasteiger partial charge on any atom is 0.159 e. The summed E-state index contributed by atoms with van der Waals surface area (Å²) in [5.41, 5.74) is 9.38. The number of fused-ring (bicyclic) bond motifs is 1. The van der Waals surface area contributed by atoms with Crippen LogP contribution in [0.25, 0.3) is 10.9 Å². The first kappa shape index (κ1) is 23.3. The molecule has 3 aromatic rings. The molecule has 0 bridgehead atoms. The van der Waals surface area contributed by atoms with Crippen molar-refractivity contribution in [1.82, 2.24) is 4.98 Å². The van der Waals surface area contributed by atoms with E-state index in [1.807, 2.05) is 24.4 Å². The molecular weight excluding hydrogens is 434 g/mol. The molecule has 2 atom stereocenters. The zero-order chi connectivity index (χ0) is 24.5. The Labute approximate surface area is 206 Å². The Kier molecular flexibility index (Phi) is 6.44. The number of carbonyl (C=O) groups excluding carboxylic acids is 1. The molecule has 1 heterocycles. The number of hydrogen-bond acceptors (Lipinski definition) is 4. The summed E-state index contributed by atoms with van der Waals surface area (Å²) in [5.74, 6) is 0.648. The molecule has 2 aliphatic rings. The summed E-state index contributed by atoms with van der Waals surface area (Å²) in [6, 6.07) is 12.3. The Hall–Kier alpha value is -3.44. The third kappa shape index (κ3) is 4.73. The number of ketones is 1. The van der Waals surface area contributed by atoms with E-state index in [0.717, 1.165) is 76.1 Å². The third-order valence-electron chi connectivity index (χ3n) is 7.17. The molecule has 1 aromatic heterocycles. The zero-order valence-electron chi connectivity index (χ0n) is 20.7. The van der Waals surface area contributed by atoms with Gasteiger partial charge in [-0.25, -0.2) is 4.99 Å². The number of aliphatic hydroxyl groups is 1. The van der Waals surface area contributed by atoms with Crippen LogP contribution < -0.4 is 5.32 Å². The predicted octanol–water partition coefficient (Wildman–Crippen LogP) is 6.51. The standard InChI is InChI=1S/C30H33N3O2/c1-18-7-10-28(25-9-12-29(35)26(25)15-18)33-22-8-11-27(19(2)16-22)31-14-13-21-17-32-30-23(20(3)34)5-4-6-24(21)30/h4-8,10-11,16-18,20,31-32,34H,9,12-15H2,1-3H3. The molecule has 5 heteroatoms. The van der Waals surface area contributed by atoms with Gasteiger partial charge in [-0.2, -0.15) is 0 Å². The van der Waals surface area contributed by atoms with E-state index in [0.29, 0.717) is 12.3 Å². The highest BCUT2D eigenvalue weighted by atomic mass is 16.3. The van der Waals surface area contributed by atoms with Crippen LogP contribution in [-0.4, -0.2) is 28.1 Å². The lowest BCUT2D eigenvalue weighted by Crippen LogP contribution is -2.05. The Morgan fingerprint density at radius 3 is 2.86 bits per heavy atom. The summed E-state index contributed by atoms with van der Waals surface area (Å²) in [7, 11) is 0. The third-order valence-corrected chi connectivity index (χ3v) is 7.17. The number of carbonyl (C=O) groups is 1. The molecule has 2 aromatic carbocycles. The summed E-state index contributed by atoms with van der Waals surface area (Å²) in [5, 5.41) is 14.8. The number of para-hydroxylation sites is 1. The Morgan fingerprint density at radius 2 is 2.06 bits per heavy atom. The molecule has 180 valence electrons. The first-order valence-corrected chi connectivity index (χ1v) is 12.5. The highest BCUT2D eigenvalue weighted by Crippen LogP contribution is 2.34. The Balaban J connectivity index is 1.30. The molecule has 3 N–H and O–H groups in total. The number of benzene rings is 2. The minimum atomic E-state index is -0.498. The van der Waals surface area contributed by atoms with Crippen molar-refractivity contribution in [2.75, 3.05) is 11.9 Å². The van der Waals surface area contributed by atoms with Crippen molar-refractivity contribution >= 4 is 33.8 Å². The van der Waals surface area contributed by atoms with E-state index in [4.69, 9.17) is 4.99 Å². The number of aliphatic imine (C=N–C) groups is 1.